The van der Waals surface area contributed by atoms with Crippen molar-refractivity contribution in [2.45, 2.75) is 6.92 Å². The third-order valence-electron chi connectivity index (χ3n) is 3.78. The number of carbonyl (C=O) groups excluding carboxylic acids is 1. The summed E-state index contributed by atoms with van der Waals surface area (Å²) in [6.45, 7) is 1.89. The number of nitrogens with zero attached hydrogens (tertiary/aromatic N) is 2. The van der Waals surface area contributed by atoms with Crippen molar-refractivity contribution in [3.8, 4) is 0 Å². The summed E-state index contributed by atoms with van der Waals surface area (Å²) in [7, 11) is 3.91. The monoisotopic (exact) mass is 383 g/mol. The summed E-state index contributed by atoms with van der Waals surface area (Å²) in [6, 6.07) is 15.3. The fourth-order valence-corrected chi connectivity index (χ4v) is 3.03. The number of amides is 1. The molecule has 0 atom stereocenters. The predicted octanol–water partition coefficient (Wildman–Crippen LogP) is 4.62. The van der Waals surface area contributed by atoms with Crippen LogP contribution in [0.5, 0.6) is 0 Å². The molecular formula is C19H18BrN3O. The molecule has 122 valence electrons. The number of para-hydroxylation sites is 2. The Labute approximate surface area is 149 Å². The lowest BCUT2D eigenvalue weighted by molar-refractivity contribution is 0.102. The lowest BCUT2D eigenvalue weighted by Crippen LogP contribution is -2.17. The van der Waals surface area contributed by atoms with E-state index in [1.807, 2.05) is 74.4 Å². The minimum atomic E-state index is -0.137. The molecule has 5 heteroatoms. The zero-order chi connectivity index (χ0) is 17.3. The van der Waals surface area contributed by atoms with E-state index in [1.165, 1.54) is 0 Å². The number of rotatable bonds is 3. The van der Waals surface area contributed by atoms with Crippen molar-refractivity contribution in [2.75, 3.05) is 24.3 Å². The highest BCUT2D eigenvalue weighted by Gasteiger charge is 2.14. The van der Waals surface area contributed by atoms with E-state index >= 15 is 0 Å². The Morgan fingerprint density at radius 3 is 2.62 bits per heavy atom. The Morgan fingerprint density at radius 2 is 1.88 bits per heavy atom. The lowest BCUT2D eigenvalue weighted by Gasteiger charge is -2.18. The second-order valence-electron chi connectivity index (χ2n) is 5.84. The highest BCUT2D eigenvalue weighted by molar-refractivity contribution is 9.10. The second-order valence-corrected chi connectivity index (χ2v) is 6.75. The van der Waals surface area contributed by atoms with E-state index < -0.39 is 0 Å². The Kier molecular flexibility index (Phi) is 4.53. The number of halogens is 1. The number of anilines is 2. The van der Waals surface area contributed by atoms with Crippen LogP contribution in [0, 0.1) is 6.92 Å². The van der Waals surface area contributed by atoms with Crippen LogP contribution in [0.1, 0.15) is 16.1 Å². The van der Waals surface area contributed by atoms with Gasteiger partial charge in [-0.1, -0.05) is 34.1 Å². The van der Waals surface area contributed by atoms with Gasteiger partial charge in [-0.25, -0.2) is 0 Å². The summed E-state index contributed by atoms with van der Waals surface area (Å²) in [5, 5.41) is 3.86. The van der Waals surface area contributed by atoms with Crippen LogP contribution in [0.3, 0.4) is 0 Å². The number of aryl methyl sites for hydroxylation is 1. The SMILES string of the molecule is Cc1cc(C(=O)Nc2ccccc2N(C)C)c2ccc(Br)cc2n1. The van der Waals surface area contributed by atoms with Gasteiger partial charge in [0.15, 0.2) is 0 Å². The fourth-order valence-electron chi connectivity index (χ4n) is 2.68. The molecule has 4 nitrogen and oxygen atoms in total. The van der Waals surface area contributed by atoms with Crippen molar-refractivity contribution in [3.63, 3.8) is 0 Å². The molecule has 0 fully saturated rings. The van der Waals surface area contributed by atoms with Crippen LogP contribution in [0.15, 0.2) is 53.0 Å². The number of hydrogen-bond acceptors (Lipinski definition) is 3. The third kappa shape index (κ3) is 3.26. The number of hydrogen-bond donors (Lipinski definition) is 1. The van der Waals surface area contributed by atoms with Crippen molar-refractivity contribution >= 4 is 44.1 Å². The highest BCUT2D eigenvalue weighted by Crippen LogP contribution is 2.26. The first-order valence-corrected chi connectivity index (χ1v) is 8.39. The molecule has 24 heavy (non-hydrogen) atoms. The smallest absolute Gasteiger partial charge is 0.256 e. The lowest BCUT2D eigenvalue weighted by atomic mass is 10.1. The number of pyridine rings is 1. The van der Waals surface area contributed by atoms with Gasteiger partial charge in [0.1, 0.15) is 0 Å². The van der Waals surface area contributed by atoms with Crippen molar-refractivity contribution < 1.29 is 4.79 Å². The van der Waals surface area contributed by atoms with E-state index in [0.717, 1.165) is 32.4 Å². The molecule has 1 heterocycles. The summed E-state index contributed by atoms with van der Waals surface area (Å²) in [4.78, 5) is 19.4. The number of nitrogens with one attached hydrogen (secondary N) is 1. The molecule has 0 saturated carbocycles. The second kappa shape index (κ2) is 6.61. The van der Waals surface area contributed by atoms with Crippen LogP contribution in [-0.4, -0.2) is 25.0 Å². The predicted molar refractivity (Wildman–Crippen MR) is 103 cm³/mol. The molecule has 1 amide bonds. The van der Waals surface area contributed by atoms with E-state index in [0.29, 0.717) is 5.56 Å². The van der Waals surface area contributed by atoms with E-state index in [-0.39, 0.29) is 5.91 Å². The van der Waals surface area contributed by atoms with Gasteiger partial charge in [-0.05, 0) is 37.3 Å². The minimum absolute atomic E-state index is 0.137. The molecule has 1 N–H and O–H groups in total. The van der Waals surface area contributed by atoms with E-state index in [1.54, 1.807) is 0 Å². The van der Waals surface area contributed by atoms with E-state index in [2.05, 4.69) is 26.2 Å². The van der Waals surface area contributed by atoms with Crippen LogP contribution in [-0.2, 0) is 0 Å². The number of carbonyl (C=O) groups is 1. The molecule has 0 aliphatic heterocycles. The molecule has 0 aliphatic rings. The normalized spacial score (nSPS) is 10.7. The van der Waals surface area contributed by atoms with Crippen LogP contribution in [0.2, 0.25) is 0 Å². The van der Waals surface area contributed by atoms with Crippen molar-refractivity contribution in [1.82, 2.24) is 4.98 Å². The first kappa shape index (κ1) is 16.5. The Bertz CT molecular complexity index is 916. The summed E-state index contributed by atoms with van der Waals surface area (Å²) >= 11 is 3.45. The summed E-state index contributed by atoms with van der Waals surface area (Å²) in [5.74, 6) is -0.137. The maximum Gasteiger partial charge on any atom is 0.256 e. The largest absolute Gasteiger partial charge is 0.376 e. The van der Waals surface area contributed by atoms with Crippen LogP contribution >= 0.6 is 15.9 Å². The maximum absolute atomic E-state index is 12.9. The van der Waals surface area contributed by atoms with Crippen molar-refractivity contribution in [2.24, 2.45) is 0 Å². The molecular weight excluding hydrogens is 366 g/mol. The zero-order valence-electron chi connectivity index (χ0n) is 13.8. The summed E-state index contributed by atoms with van der Waals surface area (Å²) in [5.41, 5.74) is 3.98. The minimum Gasteiger partial charge on any atom is -0.376 e. The molecule has 0 bridgehead atoms. The Morgan fingerprint density at radius 1 is 1.12 bits per heavy atom. The molecule has 2 aromatic carbocycles. The molecule has 0 unspecified atom stereocenters. The van der Waals surface area contributed by atoms with Crippen LogP contribution in [0.25, 0.3) is 10.9 Å². The number of aromatic nitrogens is 1. The van der Waals surface area contributed by atoms with E-state index in [9.17, 15) is 4.79 Å². The average molecular weight is 384 g/mol. The van der Waals surface area contributed by atoms with E-state index in [4.69, 9.17) is 0 Å². The van der Waals surface area contributed by atoms with Gasteiger partial charge in [-0.15, -0.1) is 0 Å². The molecule has 3 aromatic rings. The quantitative estimate of drug-likeness (QED) is 0.717. The van der Waals surface area contributed by atoms with Gasteiger partial charge < -0.3 is 10.2 Å². The Hall–Kier alpha value is -2.40. The summed E-state index contributed by atoms with van der Waals surface area (Å²) in [6.07, 6.45) is 0. The molecule has 0 spiro atoms. The van der Waals surface area contributed by atoms with Crippen molar-refractivity contribution in [1.29, 1.82) is 0 Å². The van der Waals surface area contributed by atoms with Crippen LogP contribution in [0.4, 0.5) is 11.4 Å². The third-order valence-corrected chi connectivity index (χ3v) is 4.27. The van der Waals surface area contributed by atoms with Gasteiger partial charge in [0, 0.05) is 29.6 Å². The van der Waals surface area contributed by atoms with Gasteiger partial charge >= 0.3 is 0 Å². The molecule has 0 saturated heterocycles. The fraction of sp³-hybridized carbons (Fsp3) is 0.158. The van der Waals surface area contributed by atoms with Gasteiger partial charge in [-0.3, -0.25) is 9.78 Å². The van der Waals surface area contributed by atoms with Gasteiger partial charge in [-0.2, -0.15) is 0 Å². The number of benzene rings is 2. The first-order valence-electron chi connectivity index (χ1n) is 7.60. The number of fused-ring (bicyclic) bond motifs is 1. The standard InChI is InChI=1S/C19H18BrN3O/c1-12-10-15(14-9-8-13(20)11-17(14)21-12)19(24)22-16-6-4-5-7-18(16)23(2)3/h4-11H,1-3H3,(H,22,24). The topological polar surface area (TPSA) is 45.2 Å². The Balaban J connectivity index is 2.04. The van der Waals surface area contributed by atoms with Gasteiger partial charge in [0.2, 0.25) is 0 Å². The summed E-state index contributed by atoms with van der Waals surface area (Å²) < 4.78 is 0.942. The molecule has 0 aliphatic carbocycles. The molecule has 0 radical (unpaired) electrons. The first-order chi connectivity index (χ1) is 11.5. The average Bonchev–Trinajstić information content (AvgIpc) is 2.53. The van der Waals surface area contributed by atoms with Crippen LogP contribution < -0.4 is 10.2 Å². The zero-order valence-corrected chi connectivity index (χ0v) is 15.4. The molecule has 3 rings (SSSR count). The van der Waals surface area contributed by atoms with Gasteiger partial charge in [0.25, 0.3) is 5.91 Å². The maximum atomic E-state index is 12.9. The molecule has 1 aromatic heterocycles. The highest BCUT2D eigenvalue weighted by atomic mass is 79.9. The van der Waals surface area contributed by atoms with Crippen molar-refractivity contribution in [3.05, 3.63) is 64.3 Å². The van der Waals surface area contributed by atoms with Gasteiger partial charge in [0.05, 0.1) is 22.5 Å².